The highest BCUT2D eigenvalue weighted by atomic mass is 16.6. The zero-order valence-corrected chi connectivity index (χ0v) is 17.2. The molecule has 1 aliphatic heterocycles. The van der Waals surface area contributed by atoms with Crippen molar-refractivity contribution >= 4 is 28.6 Å². The SMILES string of the molecule is COc1ccc2cccc(NC(=O)[C@@H]3CC[C@@H](NC(=O)OC(C)(C)C)CO3)c2n1. The van der Waals surface area contributed by atoms with Gasteiger partial charge in [-0.2, -0.15) is 0 Å². The minimum absolute atomic E-state index is 0.183. The molecule has 0 spiro atoms. The standard InChI is InChI=1S/C21H27N3O5/c1-21(2,3)29-20(26)22-14-9-10-16(28-12-14)19(25)23-15-7-5-6-13-8-11-17(27-4)24-18(13)15/h5-8,11,14,16H,9-10,12H2,1-4H3,(H,22,26)(H,23,25)/t14-,16+/m1/s1. The molecule has 0 unspecified atom stereocenters. The van der Waals surface area contributed by atoms with Crippen LogP contribution in [0.3, 0.4) is 0 Å². The highest BCUT2D eigenvalue weighted by Crippen LogP contribution is 2.25. The number of hydrogen-bond acceptors (Lipinski definition) is 6. The second kappa shape index (κ2) is 8.65. The van der Waals surface area contributed by atoms with Gasteiger partial charge in [-0.1, -0.05) is 12.1 Å². The molecule has 1 aliphatic rings. The van der Waals surface area contributed by atoms with E-state index in [2.05, 4.69) is 15.6 Å². The van der Waals surface area contributed by atoms with Crippen LogP contribution in [0.25, 0.3) is 10.9 Å². The molecular weight excluding hydrogens is 374 g/mol. The summed E-state index contributed by atoms with van der Waals surface area (Å²) in [5, 5.41) is 6.58. The number of amides is 2. The van der Waals surface area contributed by atoms with Crippen LogP contribution in [0.4, 0.5) is 10.5 Å². The Bertz CT molecular complexity index is 886. The number of carbonyl (C=O) groups is 2. The summed E-state index contributed by atoms with van der Waals surface area (Å²) >= 11 is 0. The number of methoxy groups -OCH3 is 1. The Morgan fingerprint density at radius 1 is 1.17 bits per heavy atom. The van der Waals surface area contributed by atoms with Crippen molar-refractivity contribution in [2.75, 3.05) is 19.0 Å². The van der Waals surface area contributed by atoms with Crippen LogP contribution in [0.1, 0.15) is 33.6 Å². The summed E-state index contributed by atoms with van der Waals surface area (Å²) in [5.74, 6) is 0.238. The molecule has 29 heavy (non-hydrogen) atoms. The zero-order valence-electron chi connectivity index (χ0n) is 17.2. The van der Waals surface area contributed by atoms with E-state index in [-0.39, 0.29) is 18.6 Å². The van der Waals surface area contributed by atoms with Crippen molar-refractivity contribution in [1.29, 1.82) is 0 Å². The molecule has 3 rings (SSSR count). The minimum atomic E-state index is -0.590. The van der Waals surface area contributed by atoms with Gasteiger partial charge in [0.15, 0.2) is 0 Å². The van der Waals surface area contributed by atoms with E-state index in [1.807, 2.05) is 39.0 Å². The van der Waals surface area contributed by atoms with Crippen molar-refractivity contribution in [3.63, 3.8) is 0 Å². The molecule has 1 fully saturated rings. The fraction of sp³-hybridized carbons (Fsp3) is 0.476. The number of aromatic nitrogens is 1. The molecule has 0 bridgehead atoms. The summed E-state index contributed by atoms with van der Waals surface area (Å²) in [7, 11) is 1.55. The molecule has 8 heteroatoms. The van der Waals surface area contributed by atoms with Gasteiger partial charge in [-0.05, 0) is 45.7 Å². The fourth-order valence-electron chi connectivity index (χ4n) is 3.10. The second-order valence-electron chi connectivity index (χ2n) is 7.96. The predicted octanol–water partition coefficient (Wildman–Crippen LogP) is 3.25. The molecule has 8 nitrogen and oxygen atoms in total. The highest BCUT2D eigenvalue weighted by Gasteiger charge is 2.29. The summed E-state index contributed by atoms with van der Waals surface area (Å²) in [5.41, 5.74) is 0.696. The van der Waals surface area contributed by atoms with E-state index in [9.17, 15) is 9.59 Å². The second-order valence-corrected chi connectivity index (χ2v) is 7.96. The first-order valence-electron chi connectivity index (χ1n) is 9.61. The number of alkyl carbamates (subject to hydrolysis) is 1. The van der Waals surface area contributed by atoms with Gasteiger partial charge < -0.3 is 24.8 Å². The quantitative estimate of drug-likeness (QED) is 0.816. The third-order valence-corrected chi connectivity index (χ3v) is 4.45. The minimum Gasteiger partial charge on any atom is -0.481 e. The Kier molecular flexibility index (Phi) is 6.22. The maximum atomic E-state index is 12.7. The van der Waals surface area contributed by atoms with Crippen LogP contribution in [0.2, 0.25) is 0 Å². The predicted molar refractivity (Wildman–Crippen MR) is 109 cm³/mol. The van der Waals surface area contributed by atoms with Crippen LogP contribution < -0.4 is 15.4 Å². The molecule has 0 aliphatic carbocycles. The summed E-state index contributed by atoms with van der Waals surface area (Å²) < 4.78 is 16.1. The number of nitrogens with one attached hydrogen (secondary N) is 2. The lowest BCUT2D eigenvalue weighted by atomic mass is 10.0. The third kappa shape index (κ3) is 5.57. The van der Waals surface area contributed by atoms with Crippen molar-refractivity contribution in [2.45, 2.75) is 51.4 Å². The topological polar surface area (TPSA) is 98.8 Å². The van der Waals surface area contributed by atoms with E-state index >= 15 is 0 Å². The first-order valence-corrected chi connectivity index (χ1v) is 9.61. The Balaban J connectivity index is 1.58. The fourth-order valence-corrected chi connectivity index (χ4v) is 3.10. The van der Waals surface area contributed by atoms with E-state index < -0.39 is 17.8 Å². The lowest BCUT2D eigenvalue weighted by Gasteiger charge is -2.29. The van der Waals surface area contributed by atoms with Crippen molar-refractivity contribution in [2.24, 2.45) is 0 Å². The van der Waals surface area contributed by atoms with E-state index in [0.29, 0.717) is 29.9 Å². The summed E-state index contributed by atoms with van der Waals surface area (Å²) in [6, 6.07) is 9.05. The number of rotatable bonds is 4. The third-order valence-electron chi connectivity index (χ3n) is 4.45. The number of para-hydroxylation sites is 1. The van der Waals surface area contributed by atoms with Gasteiger partial charge in [-0.25, -0.2) is 9.78 Å². The Morgan fingerprint density at radius 2 is 1.97 bits per heavy atom. The number of hydrogen-bond donors (Lipinski definition) is 2. The van der Waals surface area contributed by atoms with E-state index in [1.54, 1.807) is 19.2 Å². The van der Waals surface area contributed by atoms with Crippen LogP contribution in [-0.2, 0) is 14.3 Å². The Morgan fingerprint density at radius 3 is 2.62 bits per heavy atom. The largest absolute Gasteiger partial charge is 0.481 e. The van der Waals surface area contributed by atoms with Gasteiger partial charge >= 0.3 is 6.09 Å². The van der Waals surface area contributed by atoms with Crippen LogP contribution in [-0.4, -0.2) is 48.4 Å². The molecule has 0 saturated carbocycles. The molecule has 2 N–H and O–H groups in total. The van der Waals surface area contributed by atoms with Gasteiger partial charge in [-0.3, -0.25) is 4.79 Å². The van der Waals surface area contributed by atoms with Gasteiger partial charge in [0.05, 0.1) is 31.0 Å². The first kappa shape index (κ1) is 20.9. The van der Waals surface area contributed by atoms with Crippen LogP contribution in [0, 0.1) is 0 Å². The number of nitrogens with zero attached hydrogens (tertiary/aromatic N) is 1. The first-order chi connectivity index (χ1) is 13.7. The van der Waals surface area contributed by atoms with Crippen molar-refractivity contribution in [1.82, 2.24) is 10.3 Å². The number of pyridine rings is 1. The molecule has 156 valence electrons. The Hall–Kier alpha value is -2.87. The summed E-state index contributed by atoms with van der Waals surface area (Å²) in [6.07, 6.45) is 0.0459. The lowest BCUT2D eigenvalue weighted by Crippen LogP contribution is -2.47. The summed E-state index contributed by atoms with van der Waals surface area (Å²) in [6.45, 7) is 5.67. The molecule has 1 aromatic carbocycles. The van der Waals surface area contributed by atoms with Gasteiger partial charge in [0, 0.05) is 11.5 Å². The molecule has 1 saturated heterocycles. The van der Waals surface area contributed by atoms with E-state index in [4.69, 9.17) is 14.2 Å². The smallest absolute Gasteiger partial charge is 0.407 e. The molecule has 2 amide bonds. The summed E-state index contributed by atoms with van der Waals surface area (Å²) in [4.78, 5) is 29.0. The maximum Gasteiger partial charge on any atom is 0.407 e. The number of anilines is 1. The van der Waals surface area contributed by atoms with Gasteiger partial charge in [0.1, 0.15) is 11.7 Å². The highest BCUT2D eigenvalue weighted by molar-refractivity contribution is 6.02. The number of fused-ring (bicyclic) bond motifs is 1. The molecule has 2 aromatic rings. The monoisotopic (exact) mass is 401 g/mol. The van der Waals surface area contributed by atoms with E-state index in [0.717, 1.165) is 5.39 Å². The average Bonchev–Trinajstić information content (AvgIpc) is 2.67. The van der Waals surface area contributed by atoms with Crippen LogP contribution >= 0.6 is 0 Å². The molecule has 1 aromatic heterocycles. The number of benzene rings is 1. The average molecular weight is 401 g/mol. The van der Waals surface area contributed by atoms with Gasteiger partial charge in [0.25, 0.3) is 5.91 Å². The van der Waals surface area contributed by atoms with Crippen molar-refractivity contribution in [3.05, 3.63) is 30.3 Å². The molecule has 0 radical (unpaired) electrons. The number of carbonyl (C=O) groups excluding carboxylic acids is 2. The number of ether oxygens (including phenoxy) is 3. The molecule has 2 atom stereocenters. The van der Waals surface area contributed by atoms with Gasteiger partial charge in [-0.15, -0.1) is 0 Å². The van der Waals surface area contributed by atoms with Crippen LogP contribution in [0.15, 0.2) is 30.3 Å². The molecular formula is C21H27N3O5. The van der Waals surface area contributed by atoms with Crippen molar-refractivity contribution < 1.29 is 23.8 Å². The molecule has 2 heterocycles. The van der Waals surface area contributed by atoms with E-state index in [1.165, 1.54) is 0 Å². The van der Waals surface area contributed by atoms with Gasteiger partial charge in [0.2, 0.25) is 5.88 Å². The zero-order chi connectivity index (χ0) is 21.0. The van der Waals surface area contributed by atoms with Crippen LogP contribution in [0.5, 0.6) is 5.88 Å². The van der Waals surface area contributed by atoms with Crippen molar-refractivity contribution in [3.8, 4) is 5.88 Å². The lowest BCUT2D eigenvalue weighted by molar-refractivity contribution is -0.130. The normalized spacial score (nSPS) is 19.4. The Labute approximate surface area is 169 Å². The maximum absolute atomic E-state index is 12.7.